The van der Waals surface area contributed by atoms with Gasteiger partial charge in [0.15, 0.2) is 16.3 Å². The first kappa shape index (κ1) is 17.3. The molecule has 0 radical (unpaired) electrons. The van der Waals surface area contributed by atoms with Crippen LogP contribution in [0.4, 0.5) is 0 Å². The second kappa shape index (κ2) is 7.49. The predicted molar refractivity (Wildman–Crippen MR) is 87.9 cm³/mol. The molecule has 0 fully saturated rings. The van der Waals surface area contributed by atoms with Gasteiger partial charge in [-0.1, -0.05) is 18.7 Å². The molecule has 0 aliphatic rings. The highest BCUT2D eigenvalue weighted by Crippen LogP contribution is 2.22. The number of fused-ring (bicyclic) bond motifs is 1. The summed E-state index contributed by atoms with van der Waals surface area (Å²) >= 11 is 1.37. The molecule has 0 aromatic carbocycles. The quantitative estimate of drug-likeness (QED) is 0.593. The van der Waals surface area contributed by atoms with Crippen LogP contribution < -0.4 is 11.2 Å². The molecular formula is C14H20N4O4S. The fourth-order valence-electron chi connectivity index (χ4n) is 2.21. The van der Waals surface area contributed by atoms with Crippen LogP contribution in [-0.2, 0) is 23.1 Å². The molecule has 126 valence electrons. The van der Waals surface area contributed by atoms with Crippen molar-refractivity contribution >= 4 is 28.9 Å². The molecule has 2 aromatic rings. The van der Waals surface area contributed by atoms with Gasteiger partial charge in [-0.3, -0.25) is 19.1 Å². The maximum Gasteiger partial charge on any atom is 0.329 e. The van der Waals surface area contributed by atoms with E-state index in [0.717, 1.165) is 6.42 Å². The number of thioether (sulfide) groups is 1. The van der Waals surface area contributed by atoms with Crippen molar-refractivity contribution in [2.75, 3.05) is 12.4 Å². The van der Waals surface area contributed by atoms with E-state index in [4.69, 9.17) is 4.74 Å². The van der Waals surface area contributed by atoms with Crippen LogP contribution in [0.3, 0.4) is 0 Å². The number of esters is 1. The number of H-pyrrole nitrogens is 1. The third-order valence-corrected chi connectivity index (χ3v) is 4.24. The Morgan fingerprint density at radius 3 is 2.74 bits per heavy atom. The van der Waals surface area contributed by atoms with Gasteiger partial charge < -0.3 is 9.30 Å². The van der Waals surface area contributed by atoms with Crippen molar-refractivity contribution in [3.8, 4) is 0 Å². The van der Waals surface area contributed by atoms with E-state index in [-0.39, 0.29) is 12.4 Å². The molecule has 0 spiro atoms. The number of nitrogens with zero attached hydrogens (tertiary/aromatic N) is 3. The predicted octanol–water partition coefficient (Wildman–Crippen LogP) is 0.879. The van der Waals surface area contributed by atoms with E-state index in [2.05, 4.69) is 9.97 Å². The van der Waals surface area contributed by atoms with Crippen LogP contribution in [0.15, 0.2) is 14.7 Å². The maximum atomic E-state index is 12.1. The highest BCUT2D eigenvalue weighted by atomic mass is 32.2. The first-order valence-electron chi connectivity index (χ1n) is 7.47. The highest BCUT2D eigenvalue weighted by Gasteiger charge is 2.17. The Labute approximate surface area is 136 Å². The number of imidazole rings is 1. The molecule has 0 aliphatic carbocycles. The monoisotopic (exact) mass is 340 g/mol. The molecule has 9 heteroatoms. The number of nitrogens with one attached hydrogen (secondary N) is 1. The van der Waals surface area contributed by atoms with Gasteiger partial charge in [-0.2, -0.15) is 0 Å². The minimum Gasteiger partial charge on any atom is -0.466 e. The lowest BCUT2D eigenvalue weighted by Gasteiger charge is -2.06. The van der Waals surface area contributed by atoms with E-state index in [0.29, 0.717) is 35.2 Å². The first-order valence-corrected chi connectivity index (χ1v) is 8.46. The lowest BCUT2D eigenvalue weighted by molar-refractivity contribution is -0.142. The van der Waals surface area contributed by atoms with E-state index < -0.39 is 11.2 Å². The van der Waals surface area contributed by atoms with Gasteiger partial charge in [-0.25, -0.2) is 9.78 Å². The van der Waals surface area contributed by atoms with E-state index in [1.54, 1.807) is 18.5 Å². The van der Waals surface area contributed by atoms with E-state index >= 15 is 0 Å². The molecule has 0 bridgehead atoms. The third kappa shape index (κ3) is 3.66. The molecule has 2 heterocycles. The largest absolute Gasteiger partial charge is 0.466 e. The van der Waals surface area contributed by atoms with Gasteiger partial charge in [0, 0.05) is 19.3 Å². The Balaban J connectivity index is 2.35. The van der Waals surface area contributed by atoms with Gasteiger partial charge in [-0.15, -0.1) is 0 Å². The number of aryl methyl sites for hydroxylation is 2. The van der Waals surface area contributed by atoms with Gasteiger partial charge in [-0.05, 0) is 13.3 Å². The summed E-state index contributed by atoms with van der Waals surface area (Å²) in [5.41, 5.74) is -0.202. The second-order valence-corrected chi connectivity index (χ2v) is 6.00. The van der Waals surface area contributed by atoms with Crippen molar-refractivity contribution < 1.29 is 9.53 Å². The minimum absolute atomic E-state index is 0.261. The van der Waals surface area contributed by atoms with Gasteiger partial charge in [0.05, 0.1) is 13.0 Å². The number of hydrogen-bond acceptors (Lipinski definition) is 6. The Hall–Kier alpha value is -2.03. The number of ether oxygens (including phenoxy) is 1. The minimum atomic E-state index is -0.494. The summed E-state index contributed by atoms with van der Waals surface area (Å²) in [6.07, 6.45) is 1.09. The number of aromatic nitrogens is 4. The SMILES string of the molecule is CCCn1c(SCCC(=O)OCC)nc2c1c(=O)[nH]c(=O)n2C. The van der Waals surface area contributed by atoms with Gasteiger partial charge in [0.25, 0.3) is 5.56 Å². The Kier molecular flexibility index (Phi) is 5.64. The summed E-state index contributed by atoms with van der Waals surface area (Å²) in [6.45, 7) is 4.72. The van der Waals surface area contributed by atoms with Crippen LogP contribution in [0.2, 0.25) is 0 Å². The molecule has 8 nitrogen and oxygen atoms in total. The standard InChI is InChI=1S/C14H20N4O4S/c1-4-7-18-10-11(17(3)13(21)16-12(10)20)15-14(18)23-8-6-9(19)22-5-2/h4-8H2,1-3H3,(H,16,20,21). The summed E-state index contributed by atoms with van der Waals surface area (Å²) < 4.78 is 8.00. The van der Waals surface area contributed by atoms with E-state index in [1.807, 2.05) is 6.92 Å². The highest BCUT2D eigenvalue weighted by molar-refractivity contribution is 7.99. The molecule has 0 atom stereocenters. The molecule has 23 heavy (non-hydrogen) atoms. The molecule has 0 saturated carbocycles. The van der Waals surface area contributed by atoms with Crippen molar-refractivity contribution in [3.63, 3.8) is 0 Å². The summed E-state index contributed by atoms with van der Waals surface area (Å²) in [5.74, 6) is 0.237. The van der Waals surface area contributed by atoms with Crippen LogP contribution in [-0.4, -0.2) is 37.4 Å². The summed E-state index contributed by atoms with van der Waals surface area (Å²) in [7, 11) is 1.57. The average molecular weight is 340 g/mol. The van der Waals surface area contributed by atoms with Crippen molar-refractivity contribution in [3.05, 3.63) is 20.8 Å². The van der Waals surface area contributed by atoms with Crippen LogP contribution >= 0.6 is 11.8 Å². The molecular weight excluding hydrogens is 320 g/mol. The third-order valence-electron chi connectivity index (χ3n) is 3.26. The molecule has 0 amide bonds. The van der Waals surface area contributed by atoms with E-state index in [1.165, 1.54) is 16.3 Å². The molecule has 0 aliphatic heterocycles. The van der Waals surface area contributed by atoms with Crippen LogP contribution in [0, 0.1) is 0 Å². The number of carbonyl (C=O) groups excluding carboxylic acids is 1. The van der Waals surface area contributed by atoms with Crippen LogP contribution in [0.1, 0.15) is 26.7 Å². The van der Waals surface area contributed by atoms with Gasteiger partial charge >= 0.3 is 11.7 Å². The Morgan fingerprint density at radius 2 is 2.09 bits per heavy atom. The second-order valence-electron chi connectivity index (χ2n) is 4.94. The van der Waals surface area contributed by atoms with Crippen molar-refractivity contribution in [2.24, 2.45) is 7.05 Å². The summed E-state index contributed by atoms with van der Waals surface area (Å²) in [6, 6.07) is 0. The lowest BCUT2D eigenvalue weighted by atomic mass is 10.4. The number of carbonyl (C=O) groups is 1. The van der Waals surface area contributed by atoms with Crippen LogP contribution in [0.5, 0.6) is 0 Å². The zero-order chi connectivity index (χ0) is 17.0. The van der Waals surface area contributed by atoms with Crippen molar-refractivity contribution in [1.29, 1.82) is 0 Å². The Morgan fingerprint density at radius 1 is 1.35 bits per heavy atom. The normalized spacial score (nSPS) is 11.1. The van der Waals surface area contributed by atoms with Crippen LogP contribution in [0.25, 0.3) is 11.2 Å². The molecule has 2 aromatic heterocycles. The molecule has 1 N–H and O–H groups in total. The van der Waals surface area contributed by atoms with Gasteiger partial charge in [0.1, 0.15) is 0 Å². The topological polar surface area (TPSA) is 99.0 Å². The molecule has 0 unspecified atom stereocenters. The fourth-order valence-corrected chi connectivity index (χ4v) is 3.16. The lowest BCUT2D eigenvalue weighted by Crippen LogP contribution is -2.29. The number of hydrogen-bond donors (Lipinski definition) is 1. The Bertz CT molecular complexity index is 821. The number of rotatable bonds is 7. The first-order chi connectivity index (χ1) is 11.0. The molecule has 2 rings (SSSR count). The van der Waals surface area contributed by atoms with Crippen molar-refractivity contribution in [2.45, 2.75) is 38.4 Å². The average Bonchev–Trinajstić information content (AvgIpc) is 2.85. The van der Waals surface area contributed by atoms with Crippen molar-refractivity contribution in [1.82, 2.24) is 19.1 Å². The summed E-state index contributed by atoms with van der Waals surface area (Å²) in [5, 5.41) is 0.623. The fraction of sp³-hybridized carbons (Fsp3) is 0.571. The molecule has 0 saturated heterocycles. The summed E-state index contributed by atoms with van der Waals surface area (Å²) in [4.78, 5) is 41.9. The number of aromatic amines is 1. The zero-order valence-corrected chi connectivity index (χ0v) is 14.2. The smallest absolute Gasteiger partial charge is 0.329 e. The zero-order valence-electron chi connectivity index (χ0n) is 13.4. The van der Waals surface area contributed by atoms with E-state index in [9.17, 15) is 14.4 Å². The van der Waals surface area contributed by atoms with Gasteiger partial charge in [0.2, 0.25) is 0 Å². The maximum absolute atomic E-state index is 12.1.